The zero-order valence-corrected chi connectivity index (χ0v) is 8.06. The monoisotopic (exact) mass is 195 g/mol. The molecule has 0 aliphatic carbocycles. The lowest BCUT2D eigenvalue weighted by Crippen LogP contribution is -2.56. The summed E-state index contributed by atoms with van der Waals surface area (Å²) in [6, 6.07) is 7.57. The summed E-state index contributed by atoms with van der Waals surface area (Å²) in [7, 11) is 0. The maximum atomic E-state index is 10.8. The Morgan fingerprint density at radius 1 is 1.38 bits per heavy atom. The highest BCUT2D eigenvalue weighted by atomic mass is 35.5. The van der Waals surface area contributed by atoms with Crippen molar-refractivity contribution in [1.82, 2.24) is 5.32 Å². The van der Waals surface area contributed by atoms with Gasteiger partial charge in [-0.05, 0) is 24.6 Å². The van der Waals surface area contributed by atoms with Crippen molar-refractivity contribution in [3.05, 3.63) is 34.9 Å². The number of halogens is 1. The summed E-state index contributed by atoms with van der Waals surface area (Å²) in [4.78, 5) is 10.8. The number of carbonyl (C=O) groups is 1. The molecule has 1 fully saturated rings. The van der Waals surface area contributed by atoms with Gasteiger partial charge >= 0.3 is 0 Å². The number of carbonyl (C=O) groups excluding carboxylic acids is 1. The molecule has 0 radical (unpaired) electrons. The van der Waals surface area contributed by atoms with Crippen LogP contribution in [0.1, 0.15) is 18.9 Å². The summed E-state index contributed by atoms with van der Waals surface area (Å²) in [6.45, 7) is 2.01. The van der Waals surface area contributed by atoms with Crippen LogP contribution < -0.4 is 5.32 Å². The van der Waals surface area contributed by atoms with E-state index in [1.165, 1.54) is 0 Å². The van der Waals surface area contributed by atoms with Gasteiger partial charge in [-0.1, -0.05) is 23.7 Å². The maximum absolute atomic E-state index is 10.8. The van der Waals surface area contributed by atoms with Crippen LogP contribution in [0.3, 0.4) is 0 Å². The lowest BCUT2D eigenvalue weighted by atomic mass is 9.82. The number of hydrogen-bond donors (Lipinski definition) is 1. The van der Waals surface area contributed by atoms with Gasteiger partial charge in [-0.25, -0.2) is 0 Å². The van der Waals surface area contributed by atoms with Gasteiger partial charge in [0.1, 0.15) is 0 Å². The van der Waals surface area contributed by atoms with E-state index >= 15 is 0 Å². The highest BCUT2D eigenvalue weighted by Crippen LogP contribution is 2.31. The Morgan fingerprint density at radius 3 is 2.38 bits per heavy atom. The SMILES string of the molecule is CC1(c2ccc(Cl)cc2)CC(=O)N1. The van der Waals surface area contributed by atoms with E-state index in [2.05, 4.69) is 5.32 Å². The van der Waals surface area contributed by atoms with Crippen LogP contribution in [-0.2, 0) is 10.3 Å². The van der Waals surface area contributed by atoms with Gasteiger partial charge in [-0.3, -0.25) is 4.79 Å². The van der Waals surface area contributed by atoms with Gasteiger partial charge < -0.3 is 5.32 Å². The molecule has 1 unspecified atom stereocenters. The van der Waals surface area contributed by atoms with Crippen LogP contribution in [0.4, 0.5) is 0 Å². The Morgan fingerprint density at radius 2 is 1.92 bits per heavy atom. The molecule has 1 aliphatic rings. The fraction of sp³-hybridized carbons (Fsp3) is 0.300. The molecule has 2 nitrogen and oxygen atoms in total. The largest absolute Gasteiger partial charge is 0.346 e. The van der Waals surface area contributed by atoms with Gasteiger partial charge in [-0.2, -0.15) is 0 Å². The van der Waals surface area contributed by atoms with E-state index in [0.29, 0.717) is 6.42 Å². The van der Waals surface area contributed by atoms with E-state index < -0.39 is 0 Å². The minimum Gasteiger partial charge on any atom is -0.346 e. The quantitative estimate of drug-likeness (QED) is 0.683. The second-order valence-corrected chi connectivity index (χ2v) is 4.00. The van der Waals surface area contributed by atoms with Crippen molar-refractivity contribution in [3.8, 4) is 0 Å². The summed E-state index contributed by atoms with van der Waals surface area (Å²) in [5, 5.41) is 3.59. The van der Waals surface area contributed by atoms with Crippen LogP contribution in [0.5, 0.6) is 0 Å². The Labute approximate surface area is 81.9 Å². The molecule has 1 saturated heterocycles. The Balaban J connectivity index is 2.26. The number of nitrogens with one attached hydrogen (secondary N) is 1. The Kier molecular flexibility index (Phi) is 1.81. The van der Waals surface area contributed by atoms with Crippen LogP contribution in [-0.4, -0.2) is 5.91 Å². The molecule has 0 bridgehead atoms. The molecule has 3 heteroatoms. The van der Waals surface area contributed by atoms with Gasteiger partial charge in [0, 0.05) is 5.02 Å². The first-order valence-corrected chi connectivity index (χ1v) is 4.55. The summed E-state index contributed by atoms with van der Waals surface area (Å²) >= 11 is 5.76. The molecule has 68 valence electrons. The van der Waals surface area contributed by atoms with Crippen LogP contribution in [0.15, 0.2) is 24.3 Å². The fourth-order valence-corrected chi connectivity index (χ4v) is 1.73. The van der Waals surface area contributed by atoms with Crippen molar-refractivity contribution in [2.45, 2.75) is 18.9 Å². The zero-order chi connectivity index (χ0) is 9.47. The second kappa shape index (κ2) is 2.74. The molecule has 0 aromatic heterocycles. The lowest BCUT2D eigenvalue weighted by Gasteiger charge is -2.39. The molecule has 1 aliphatic heterocycles. The van der Waals surface area contributed by atoms with Crippen molar-refractivity contribution in [3.63, 3.8) is 0 Å². The third-order valence-electron chi connectivity index (χ3n) is 2.41. The first-order valence-electron chi connectivity index (χ1n) is 4.17. The molecule has 13 heavy (non-hydrogen) atoms. The average Bonchev–Trinajstić information content (AvgIpc) is 2.03. The van der Waals surface area contributed by atoms with Gasteiger partial charge in [0.15, 0.2) is 0 Å². The standard InChI is InChI=1S/C10H10ClNO/c1-10(6-9(13)12-10)7-2-4-8(11)5-3-7/h2-5H,6H2,1H3,(H,12,13). The number of benzene rings is 1. The summed E-state index contributed by atoms with van der Waals surface area (Å²) in [5.41, 5.74) is 0.929. The van der Waals surface area contributed by atoms with Crippen molar-refractivity contribution in [2.75, 3.05) is 0 Å². The van der Waals surface area contributed by atoms with Crippen molar-refractivity contribution in [2.24, 2.45) is 0 Å². The van der Waals surface area contributed by atoms with Gasteiger partial charge in [-0.15, -0.1) is 0 Å². The van der Waals surface area contributed by atoms with E-state index in [-0.39, 0.29) is 11.4 Å². The van der Waals surface area contributed by atoms with Crippen LogP contribution >= 0.6 is 11.6 Å². The molecule has 1 aromatic carbocycles. The Bertz CT molecular complexity index is 336. The normalized spacial score (nSPS) is 26.5. The minimum absolute atomic E-state index is 0.109. The first kappa shape index (κ1) is 8.57. The number of hydrogen-bond acceptors (Lipinski definition) is 1. The lowest BCUT2D eigenvalue weighted by molar-refractivity contribution is -0.132. The highest BCUT2D eigenvalue weighted by molar-refractivity contribution is 6.30. The summed E-state index contributed by atoms with van der Waals surface area (Å²) < 4.78 is 0. The van der Waals surface area contributed by atoms with E-state index in [4.69, 9.17) is 11.6 Å². The van der Waals surface area contributed by atoms with Crippen molar-refractivity contribution < 1.29 is 4.79 Å². The number of amides is 1. The van der Waals surface area contributed by atoms with E-state index in [1.807, 2.05) is 31.2 Å². The third kappa shape index (κ3) is 1.42. The molecule has 1 amide bonds. The zero-order valence-electron chi connectivity index (χ0n) is 7.30. The van der Waals surface area contributed by atoms with Crippen molar-refractivity contribution in [1.29, 1.82) is 0 Å². The molecule has 2 rings (SSSR count). The molecule has 1 aromatic rings. The molecule has 0 saturated carbocycles. The fourth-order valence-electron chi connectivity index (χ4n) is 1.60. The molecular formula is C10H10ClNO. The maximum Gasteiger partial charge on any atom is 0.223 e. The van der Waals surface area contributed by atoms with Gasteiger partial charge in [0.2, 0.25) is 5.91 Å². The van der Waals surface area contributed by atoms with E-state index in [0.717, 1.165) is 10.6 Å². The number of rotatable bonds is 1. The van der Waals surface area contributed by atoms with Crippen LogP contribution in [0, 0.1) is 0 Å². The minimum atomic E-state index is -0.179. The predicted molar refractivity (Wildman–Crippen MR) is 51.6 cm³/mol. The first-order chi connectivity index (χ1) is 6.10. The van der Waals surface area contributed by atoms with E-state index in [1.54, 1.807) is 0 Å². The van der Waals surface area contributed by atoms with Gasteiger partial charge in [0.05, 0.1) is 12.0 Å². The molecular weight excluding hydrogens is 186 g/mol. The predicted octanol–water partition coefficient (Wildman–Crippen LogP) is 2.08. The second-order valence-electron chi connectivity index (χ2n) is 3.56. The van der Waals surface area contributed by atoms with E-state index in [9.17, 15) is 4.79 Å². The highest BCUT2D eigenvalue weighted by Gasteiger charge is 2.39. The smallest absolute Gasteiger partial charge is 0.223 e. The summed E-state index contributed by atoms with van der Waals surface area (Å²) in [6.07, 6.45) is 0.564. The molecule has 1 heterocycles. The molecule has 0 spiro atoms. The Hall–Kier alpha value is -1.02. The topological polar surface area (TPSA) is 29.1 Å². The number of β-lactam (4-membered cyclic amide) rings is 1. The third-order valence-corrected chi connectivity index (χ3v) is 2.66. The van der Waals surface area contributed by atoms with Crippen molar-refractivity contribution >= 4 is 17.5 Å². The molecule has 1 atom stereocenters. The average molecular weight is 196 g/mol. The van der Waals surface area contributed by atoms with Crippen LogP contribution in [0.2, 0.25) is 5.02 Å². The summed E-state index contributed by atoms with van der Waals surface area (Å²) in [5.74, 6) is 0.109. The van der Waals surface area contributed by atoms with Gasteiger partial charge in [0.25, 0.3) is 0 Å². The molecule has 1 N–H and O–H groups in total. The van der Waals surface area contributed by atoms with Crippen LogP contribution in [0.25, 0.3) is 0 Å².